The molecule has 0 fully saturated rings. The number of furan rings is 1. The number of anilines is 1. The number of amides is 3. The van der Waals surface area contributed by atoms with E-state index < -0.39 is 11.9 Å². The summed E-state index contributed by atoms with van der Waals surface area (Å²) in [6.45, 7) is 2.03. The first-order valence-corrected chi connectivity index (χ1v) is 7.03. The maximum Gasteiger partial charge on any atom is 0.321 e. The molecular weight excluding hydrogens is 306 g/mol. The van der Waals surface area contributed by atoms with Crippen molar-refractivity contribution in [3.8, 4) is 0 Å². The van der Waals surface area contributed by atoms with Gasteiger partial charge in [-0.15, -0.1) is 0 Å². The van der Waals surface area contributed by atoms with E-state index in [2.05, 4.69) is 16.0 Å². The van der Waals surface area contributed by atoms with Gasteiger partial charge in [0.1, 0.15) is 5.76 Å². The molecule has 2 aromatic rings. The van der Waals surface area contributed by atoms with E-state index in [9.17, 15) is 9.59 Å². The first-order valence-electron chi connectivity index (χ1n) is 6.65. The molecule has 116 valence electrons. The van der Waals surface area contributed by atoms with E-state index in [-0.39, 0.29) is 13.1 Å². The zero-order chi connectivity index (χ0) is 15.9. The lowest BCUT2D eigenvalue weighted by molar-refractivity contribution is -0.118. The Morgan fingerprint density at radius 2 is 2.05 bits per heavy atom. The highest BCUT2D eigenvalue weighted by atomic mass is 35.5. The Morgan fingerprint density at radius 1 is 1.23 bits per heavy atom. The minimum atomic E-state index is -0.578. The minimum Gasteiger partial charge on any atom is -0.467 e. The van der Waals surface area contributed by atoms with Crippen LogP contribution in [0.3, 0.4) is 0 Å². The Hall–Kier alpha value is -2.47. The molecule has 0 aliphatic heterocycles. The number of urea groups is 1. The van der Waals surface area contributed by atoms with Gasteiger partial charge in [0, 0.05) is 10.7 Å². The second-order valence-electron chi connectivity index (χ2n) is 4.58. The van der Waals surface area contributed by atoms with Gasteiger partial charge in [0.05, 0.1) is 19.4 Å². The third-order valence-corrected chi connectivity index (χ3v) is 3.37. The predicted molar refractivity (Wildman–Crippen MR) is 83.8 cm³/mol. The standard InChI is InChI=1S/C15H16ClN3O3/c1-10-12(16)5-2-6-13(10)17-9-14(20)19-15(21)18-8-11-4-3-7-22-11/h2-7,17H,8-9H2,1H3,(H2,18,19,20,21). The van der Waals surface area contributed by atoms with Crippen LogP contribution in [0.1, 0.15) is 11.3 Å². The van der Waals surface area contributed by atoms with E-state index in [0.29, 0.717) is 10.8 Å². The smallest absolute Gasteiger partial charge is 0.321 e. The molecule has 1 aromatic carbocycles. The van der Waals surface area contributed by atoms with Gasteiger partial charge in [0.15, 0.2) is 0 Å². The molecule has 2 rings (SSSR count). The van der Waals surface area contributed by atoms with Crippen LogP contribution in [0.5, 0.6) is 0 Å². The summed E-state index contributed by atoms with van der Waals surface area (Å²) in [5.41, 5.74) is 1.60. The monoisotopic (exact) mass is 321 g/mol. The van der Waals surface area contributed by atoms with Crippen molar-refractivity contribution in [3.05, 3.63) is 52.9 Å². The second kappa shape index (κ2) is 7.51. The van der Waals surface area contributed by atoms with E-state index in [4.69, 9.17) is 16.0 Å². The summed E-state index contributed by atoms with van der Waals surface area (Å²) < 4.78 is 5.07. The van der Waals surface area contributed by atoms with Gasteiger partial charge >= 0.3 is 6.03 Å². The molecule has 1 aromatic heterocycles. The van der Waals surface area contributed by atoms with Crippen LogP contribution < -0.4 is 16.0 Å². The molecule has 22 heavy (non-hydrogen) atoms. The summed E-state index contributed by atoms with van der Waals surface area (Å²) in [5, 5.41) is 8.29. The molecule has 0 saturated carbocycles. The predicted octanol–water partition coefficient (Wildman–Crippen LogP) is 2.68. The average molecular weight is 322 g/mol. The fourth-order valence-corrected chi connectivity index (χ4v) is 1.94. The highest BCUT2D eigenvalue weighted by molar-refractivity contribution is 6.31. The summed E-state index contributed by atoms with van der Waals surface area (Å²) in [7, 11) is 0. The van der Waals surface area contributed by atoms with Gasteiger partial charge in [-0.2, -0.15) is 0 Å². The Kier molecular flexibility index (Phi) is 5.43. The summed E-state index contributed by atoms with van der Waals surface area (Å²) in [4.78, 5) is 23.2. The van der Waals surface area contributed by atoms with Crippen LogP contribution in [0.2, 0.25) is 5.02 Å². The van der Waals surface area contributed by atoms with Crippen molar-refractivity contribution in [2.45, 2.75) is 13.5 Å². The number of nitrogens with one attached hydrogen (secondary N) is 3. The molecule has 0 bridgehead atoms. The van der Waals surface area contributed by atoms with Crippen LogP contribution in [0.25, 0.3) is 0 Å². The molecule has 0 aliphatic rings. The SMILES string of the molecule is Cc1c(Cl)cccc1NCC(=O)NC(=O)NCc1ccco1. The fraction of sp³-hybridized carbons (Fsp3) is 0.200. The van der Waals surface area contributed by atoms with E-state index >= 15 is 0 Å². The normalized spacial score (nSPS) is 10.1. The van der Waals surface area contributed by atoms with Gasteiger partial charge in [-0.25, -0.2) is 4.79 Å². The van der Waals surface area contributed by atoms with Crippen molar-refractivity contribution in [1.29, 1.82) is 0 Å². The number of benzene rings is 1. The van der Waals surface area contributed by atoms with E-state index in [1.54, 1.807) is 24.3 Å². The van der Waals surface area contributed by atoms with Gasteiger partial charge in [0.2, 0.25) is 5.91 Å². The first-order chi connectivity index (χ1) is 10.6. The van der Waals surface area contributed by atoms with Crippen LogP contribution in [0, 0.1) is 6.92 Å². The molecule has 0 saturated heterocycles. The van der Waals surface area contributed by atoms with Gasteiger partial charge in [-0.05, 0) is 36.8 Å². The molecule has 3 N–H and O–H groups in total. The van der Waals surface area contributed by atoms with Crippen molar-refractivity contribution in [1.82, 2.24) is 10.6 Å². The van der Waals surface area contributed by atoms with Crippen molar-refractivity contribution in [3.63, 3.8) is 0 Å². The molecule has 0 atom stereocenters. The van der Waals surface area contributed by atoms with Crippen LogP contribution in [-0.2, 0) is 11.3 Å². The molecule has 0 radical (unpaired) electrons. The molecule has 3 amide bonds. The highest BCUT2D eigenvalue weighted by Gasteiger charge is 2.09. The van der Waals surface area contributed by atoms with Crippen LogP contribution in [0.15, 0.2) is 41.0 Å². The molecule has 0 aliphatic carbocycles. The highest BCUT2D eigenvalue weighted by Crippen LogP contribution is 2.22. The van der Waals surface area contributed by atoms with E-state index in [0.717, 1.165) is 11.3 Å². The maximum atomic E-state index is 11.7. The molecule has 7 heteroatoms. The van der Waals surface area contributed by atoms with Crippen LogP contribution >= 0.6 is 11.6 Å². The number of hydrogen-bond donors (Lipinski definition) is 3. The number of halogens is 1. The maximum absolute atomic E-state index is 11.7. The Balaban J connectivity index is 1.75. The summed E-state index contributed by atoms with van der Waals surface area (Å²) in [6, 6.07) is 8.23. The van der Waals surface area contributed by atoms with Crippen LogP contribution in [-0.4, -0.2) is 18.5 Å². The number of rotatable bonds is 5. The fourth-order valence-electron chi connectivity index (χ4n) is 1.77. The molecule has 0 spiro atoms. The van der Waals surface area contributed by atoms with Gasteiger partial charge < -0.3 is 15.1 Å². The minimum absolute atomic E-state index is 0.0324. The van der Waals surface area contributed by atoms with Gasteiger partial charge in [0.25, 0.3) is 0 Å². The third-order valence-electron chi connectivity index (χ3n) is 2.96. The number of carbonyl (C=O) groups excluding carboxylic acids is 2. The summed E-state index contributed by atoms with van der Waals surface area (Å²) >= 11 is 5.99. The average Bonchev–Trinajstić information content (AvgIpc) is 3.00. The summed E-state index contributed by atoms with van der Waals surface area (Å²) in [6.07, 6.45) is 1.51. The summed E-state index contributed by atoms with van der Waals surface area (Å²) in [5.74, 6) is 0.159. The van der Waals surface area contributed by atoms with Gasteiger partial charge in [-0.3, -0.25) is 10.1 Å². The lowest BCUT2D eigenvalue weighted by atomic mass is 10.2. The van der Waals surface area contributed by atoms with Crippen molar-refractivity contribution in [2.24, 2.45) is 0 Å². The second-order valence-corrected chi connectivity index (χ2v) is 4.98. The molecular formula is C15H16ClN3O3. The number of carbonyl (C=O) groups is 2. The first kappa shape index (κ1) is 15.9. The van der Waals surface area contributed by atoms with Crippen molar-refractivity contribution in [2.75, 3.05) is 11.9 Å². The Morgan fingerprint density at radius 3 is 2.77 bits per heavy atom. The van der Waals surface area contributed by atoms with E-state index in [1.807, 2.05) is 13.0 Å². The molecule has 6 nitrogen and oxygen atoms in total. The van der Waals surface area contributed by atoms with Gasteiger partial charge in [-0.1, -0.05) is 17.7 Å². The van der Waals surface area contributed by atoms with Crippen LogP contribution in [0.4, 0.5) is 10.5 Å². The zero-order valence-electron chi connectivity index (χ0n) is 12.0. The lowest BCUT2D eigenvalue weighted by Crippen LogP contribution is -2.41. The zero-order valence-corrected chi connectivity index (χ0v) is 12.7. The topological polar surface area (TPSA) is 83.4 Å². The number of hydrogen-bond acceptors (Lipinski definition) is 4. The molecule has 1 heterocycles. The van der Waals surface area contributed by atoms with E-state index in [1.165, 1.54) is 6.26 Å². The van der Waals surface area contributed by atoms with Crippen molar-refractivity contribution < 1.29 is 14.0 Å². The largest absolute Gasteiger partial charge is 0.467 e. The Bertz CT molecular complexity index is 656. The quantitative estimate of drug-likeness (QED) is 0.790. The molecule has 0 unspecified atom stereocenters. The third kappa shape index (κ3) is 4.53. The lowest BCUT2D eigenvalue weighted by Gasteiger charge is -2.10. The Labute approximate surface area is 132 Å². The number of imide groups is 1. The van der Waals surface area contributed by atoms with Crippen molar-refractivity contribution >= 4 is 29.2 Å².